The fourth-order valence-corrected chi connectivity index (χ4v) is 2.25. The molecule has 0 saturated carbocycles. The van der Waals surface area contributed by atoms with Crippen LogP contribution in [0.15, 0.2) is 36.5 Å². The number of carbonyl (C=O) groups is 1. The van der Waals surface area contributed by atoms with E-state index in [0.717, 1.165) is 17.3 Å². The monoisotopic (exact) mass is 277 g/mol. The van der Waals surface area contributed by atoms with Gasteiger partial charge in [-0.05, 0) is 12.0 Å². The van der Waals surface area contributed by atoms with Gasteiger partial charge in [0, 0.05) is 19.1 Å². The number of carbonyl (C=O) groups excluding carboxylic acids is 1. The van der Waals surface area contributed by atoms with Crippen LogP contribution in [0.3, 0.4) is 0 Å². The highest BCUT2D eigenvalue weighted by Gasteiger charge is 2.14. The number of nitrogens with one attached hydrogen (secondary N) is 1. The molecule has 0 aliphatic rings. The predicted octanol–water partition coefficient (Wildman–Crippen LogP) is 1.43. The van der Waals surface area contributed by atoms with Gasteiger partial charge in [0.05, 0.1) is 17.9 Å². The Morgan fingerprint density at radius 3 is 2.79 bits per heavy atom. The summed E-state index contributed by atoms with van der Waals surface area (Å²) < 4.78 is 7.68. The summed E-state index contributed by atoms with van der Waals surface area (Å²) in [6, 6.07) is 9.84. The van der Waals surface area contributed by atoms with Gasteiger partial charge in [0.1, 0.15) is 0 Å². The number of aliphatic hydroxyl groups is 1. The van der Waals surface area contributed by atoms with Gasteiger partial charge < -0.3 is 10.4 Å². The Labute approximate surface area is 115 Å². The summed E-state index contributed by atoms with van der Waals surface area (Å²) in [5.41, 5.74) is 1.44. The highest BCUT2D eigenvalue weighted by Crippen LogP contribution is 2.18. The number of benzene rings is 1. The molecule has 2 aromatic rings. The van der Waals surface area contributed by atoms with Crippen molar-refractivity contribution in [1.29, 1.82) is 0 Å². The lowest BCUT2D eigenvalue weighted by atomic mass is 9.96. The quantitative estimate of drug-likeness (QED) is 0.837. The molecule has 1 aromatic carbocycles. The van der Waals surface area contributed by atoms with Crippen LogP contribution >= 0.6 is 11.7 Å². The lowest BCUT2D eigenvalue weighted by molar-refractivity contribution is 0.0945. The third-order valence-corrected chi connectivity index (χ3v) is 3.33. The number of nitrogens with zero attached hydrogens (tertiary/aromatic N) is 2. The average Bonchev–Trinajstić information content (AvgIpc) is 2.98. The zero-order valence-electron chi connectivity index (χ0n) is 10.3. The van der Waals surface area contributed by atoms with Gasteiger partial charge in [0.25, 0.3) is 5.91 Å². The summed E-state index contributed by atoms with van der Waals surface area (Å²) in [5, 5.41) is 11.9. The molecule has 0 spiro atoms. The Bertz CT molecular complexity index is 502. The van der Waals surface area contributed by atoms with Crippen molar-refractivity contribution in [3.63, 3.8) is 0 Å². The molecule has 1 aromatic heterocycles. The summed E-state index contributed by atoms with van der Waals surface area (Å²) in [6.45, 7) is 0.564. The minimum atomic E-state index is -0.229. The molecule has 19 heavy (non-hydrogen) atoms. The van der Waals surface area contributed by atoms with Crippen molar-refractivity contribution in [1.82, 2.24) is 14.1 Å². The summed E-state index contributed by atoms with van der Waals surface area (Å²) in [5.74, 6) is -0.130. The first-order valence-electron chi connectivity index (χ1n) is 6.03. The van der Waals surface area contributed by atoms with Gasteiger partial charge in [-0.3, -0.25) is 4.79 Å². The molecule has 0 fully saturated rings. The minimum Gasteiger partial charge on any atom is -0.396 e. The van der Waals surface area contributed by atoms with E-state index in [-0.39, 0.29) is 18.4 Å². The van der Waals surface area contributed by atoms with E-state index in [2.05, 4.69) is 14.1 Å². The zero-order valence-corrected chi connectivity index (χ0v) is 11.1. The fourth-order valence-electron chi connectivity index (χ4n) is 1.84. The number of aromatic nitrogens is 2. The number of amides is 1. The second kappa shape index (κ2) is 6.96. The normalized spacial score (nSPS) is 12.1. The van der Waals surface area contributed by atoms with Crippen molar-refractivity contribution in [3.05, 3.63) is 47.8 Å². The minimum absolute atomic E-state index is 0.0910. The second-order valence-corrected chi connectivity index (χ2v) is 4.68. The van der Waals surface area contributed by atoms with Gasteiger partial charge in [0.2, 0.25) is 0 Å². The summed E-state index contributed by atoms with van der Waals surface area (Å²) in [7, 11) is 0. The SMILES string of the molecule is O=C(NCC(CCO)c1ccccc1)c1cnsn1. The topological polar surface area (TPSA) is 75.1 Å². The van der Waals surface area contributed by atoms with Crippen LogP contribution < -0.4 is 5.32 Å². The Morgan fingerprint density at radius 1 is 1.37 bits per heavy atom. The average molecular weight is 277 g/mol. The van der Waals surface area contributed by atoms with Crippen LogP contribution in [-0.2, 0) is 0 Å². The van der Waals surface area contributed by atoms with Crippen molar-refractivity contribution >= 4 is 17.6 Å². The number of hydrogen-bond donors (Lipinski definition) is 2. The molecule has 2 rings (SSSR count). The lowest BCUT2D eigenvalue weighted by Crippen LogP contribution is -2.29. The van der Waals surface area contributed by atoms with Crippen molar-refractivity contribution in [2.75, 3.05) is 13.2 Å². The van der Waals surface area contributed by atoms with Crippen molar-refractivity contribution < 1.29 is 9.90 Å². The molecule has 2 N–H and O–H groups in total. The van der Waals surface area contributed by atoms with E-state index >= 15 is 0 Å². The van der Waals surface area contributed by atoms with Crippen molar-refractivity contribution in [2.24, 2.45) is 0 Å². The van der Waals surface area contributed by atoms with E-state index < -0.39 is 0 Å². The van der Waals surface area contributed by atoms with Crippen LogP contribution in [0.25, 0.3) is 0 Å². The van der Waals surface area contributed by atoms with E-state index in [0.29, 0.717) is 18.7 Å². The molecule has 0 bridgehead atoms. The van der Waals surface area contributed by atoms with Crippen molar-refractivity contribution in [3.8, 4) is 0 Å². The first-order valence-corrected chi connectivity index (χ1v) is 6.76. The van der Waals surface area contributed by atoms with Crippen LogP contribution in [0.4, 0.5) is 0 Å². The maximum atomic E-state index is 11.8. The van der Waals surface area contributed by atoms with E-state index in [1.165, 1.54) is 6.20 Å². The van der Waals surface area contributed by atoms with Gasteiger partial charge in [-0.15, -0.1) is 0 Å². The van der Waals surface area contributed by atoms with Crippen LogP contribution in [0, 0.1) is 0 Å². The molecule has 1 heterocycles. The number of hydrogen-bond acceptors (Lipinski definition) is 5. The van der Waals surface area contributed by atoms with Gasteiger partial charge in [-0.1, -0.05) is 30.3 Å². The van der Waals surface area contributed by atoms with Crippen LogP contribution in [0.5, 0.6) is 0 Å². The second-order valence-electron chi connectivity index (χ2n) is 4.12. The molecule has 0 aliphatic carbocycles. The molecule has 1 amide bonds. The van der Waals surface area contributed by atoms with Gasteiger partial charge in [-0.25, -0.2) is 0 Å². The third-order valence-electron chi connectivity index (χ3n) is 2.85. The number of aliphatic hydroxyl groups excluding tert-OH is 1. The highest BCUT2D eigenvalue weighted by molar-refractivity contribution is 6.99. The summed E-state index contributed by atoms with van der Waals surface area (Å²) in [4.78, 5) is 11.8. The summed E-state index contributed by atoms with van der Waals surface area (Å²) in [6.07, 6.45) is 2.06. The first-order chi connectivity index (χ1) is 9.31. The van der Waals surface area contributed by atoms with Crippen LogP contribution in [-0.4, -0.2) is 32.9 Å². The predicted molar refractivity (Wildman–Crippen MR) is 73.1 cm³/mol. The molecule has 0 saturated heterocycles. The van der Waals surface area contributed by atoms with Crippen LogP contribution in [0.2, 0.25) is 0 Å². The maximum Gasteiger partial charge on any atom is 0.272 e. The smallest absolute Gasteiger partial charge is 0.272 e. The van der Waals surface area contributed by atoms with E-state index in [4.69, 9.17) is 5.11 Å². The van der Waals surface area contributed by atoms with Crippen LogP contribution in [0.1, 0.15) is 28.4 Å². The maximum absolute atomic E-state index is 11.8. The van der Waals surface area contributed by atoms with Crippen molar-refractivity contribution in [2.45, 2.75) is 12.3 Å². The van der Waals surface area contributed by atoms with E-state index in [1.54, 1.807) is 0 Å². The van der Waals surface area contributed by atoms with E-state index in [1.807, 2.05) is 30.3 Å². The lowest BCUT2D eigenvalue weighted by Gasteiger charge is -2.16. The third kappa shape index (κ3) is 3.84. The Balaban J connectivity index is 1.96. The molecule has 6 heteroatoms. The standard InChI is InChI=1S/C13H15N3O2S/c17-7-6-11(10-4-2-1-3-5-10)8-14-13(18)12-9-15-19-16-12/h1-5,9,11,17H,6-8H2,(H,14,18). The Morgan fingerprint density at radius 2 is 2.16 bits per heavy atom. The van der Waals surface area contributed by atoms with Gasteiger partial charge >= 0.3 is 0 Å². The largest absolute Gasteiger partial charge is 0.396 e. The molecule has 5 nitrogen and oxygen atoms in total. The molecule has 100 valence electrons. The molecule has 0 aliphatic heterocycles. The molecule has 1 unspecified atom stereocenters. The first kappa shape index (κ1) is 13.6. The van der Waals surface area contributed by atoms with Gasteiger partial charge in [0.15, 0.2) is 5.69 Å². The fraction of sp³-hybridized carbons (Fsp3) is 0.308. The Kier molecular flexibility index (Phi) is 5.00. The summed E-state index contributed by atoms with van der Waals surface area (Å²) >= 11 is 1.01. The molecule has 0 radical (unpaired) electrons. The molecular formula is C13H15N3O2S. The zero-order chi connectivity index (χ0) is 13.5. The van der Waals surface area contributed by atoms with Gasteiger partial charge in [-0.2, -0.15) is 8.75 Å². The number of rotatable bonds is 6. The molecule has 1 atom stereocenters. The molecular weight excluding hydrogens is 262 g/mol. The Hall–Kier alpha value is -1.79. The van der Waals surface area contributed by atoms with E-state index in [9.17, 15) is 4.79 Å². The highest BCUT2D eigenvalue weighted by atomic mass is 32.1.